The zero-order valence-electron chi connectivity index (χ0n) is 11.9. The minimum atomic E-state index is -0.912. The summed E-state index contributed by atoms with van der Waals surface area (Å²) in [5, 5.41) is 15.1. The summed E-state index contributed by atoms with van der Waals surface area (Å²) in [5.74, 6) is -0.912. The van der Waals surface area contributed by atoms with Crippen LogP contribution in [0, 0.1) is 0 Å². The predicted molar refractivity (Wildman–Crippen MR) is 77.6 cm³/mol. The monoisotopic (exact) mass is 288 g/mol. The van der Waals surface area contributed by atoms with Gasteiger partial charge in [-0.05, 0) is 39.4 Å². The summed E-state index contributed by atoms with van der Waals surface area (Å²) < 4.78 is 0. The standard InChI is InChI=1S/C13H24N2O3S/c1-13(2,8-11(16)17)15-12(18)14-9-5-4-6-10(7-9)19-3/h9-10H,4-8H2,1-3H3,(H,16,17)(H2,14,15,18). The van der Waals surface area contributed by atoms with Crippen LogP contribution in [0.25, 0.3) is 0 Å². The van der Waals surface area contributed by atoms with Gasteiger partial charge in [-0.25, -0.2) is 4.79 Å². The highest BCUT2D eigenvalue weighted by Gasteiger charge is 2.27. The van der Waals surface area contributed by atoms with Crippen molar-refractivity contribution in [3.63, 3.8) is 0 Å². The van der Waals surface area contributed by atoms with E-state index in [4.69, 9.17) is 5.11 Å². The Labute approximate surface area is 118 Å². The first-order valence-electron chi connectivity index (χ1n) is 6.65. The molecule has 5 nitrogen and oxygen atoms in total. The summed E-state index contributed by atoms with van der Waals surface area (Å²) >= 11 is 1.85. The molecule has 1 saturated carbocycles. The number of nitrogens with one attached hydrogen (secondary N) is 2. The second-order valence-corrected chi connectivity index (χ2v) is 6.91. The Morgan fingerprint density at radius 1 is 1.37 bits per heavy atom. The molecule has 1 aliphatic carbocycles. The van der Waals surface area contributed by atoms with Gasteiger partial charge in [-0.1, -0.05) is 6.42 Å². The summed E-state index contributed by atoms with van der Waals surface area (Å²) in [6.45, 7) is 3.43. The molecule has 0 aromatic carbocycles. The lowest BCUT2D eigenvalue weighted by molar-refractivity contribution is -0.138. The van der Waals surface area contributed by atoms with Crippen molar-refractivity contribution in [1.82, 2.24) is 10.6 Å². The van der Waals surface area contributed by atoms with E-state index in [0.29, 0.717) is 5.25 Å². The summed E-state index contributed by atoms with van der Waals surface area (Å²) in [5.41, 5.74) is -0.733. The van der Waals surface area contributed by atoms with Crippen molar-refractivity contribution in [1.29, 1.82) is 0 Å². The number of rotatable bonds is 5. The maximum absolute atomic E-state index is 11.9. The van der Waals surface area contributed by atoms with E-state index in [0.717, 1.165) is 19.3 Å². The van der Waals surface area contributed by atoms with Gasteiger partial charge < -0.3 is 15.7 Å². The van der Waals surface area contributed by atoms with Gasteiger partial charge in [0.1, 0.15) is 0 Å². The summed E-state index contributed by atoms with van der Waals surface area (Å²) in [7, 11) is 0. The lowest BCUT2D eigenvalue weighted by Gasteiger charge is -2.31. The van der Waals surface area contributed by atoms with E-state index < -0.39 is 11.5 Å². The molecule has 2 amide bonds. The number of carbonyl (C=O) groups is 2. The lowest BCUT2D eigenvalue weighted by atomic mass is 9.95. The SMILES string of the molecule is CSC1CCCC(NC(=O)NC(C)(C)CC(=O)O)C1. The van der Waals surface area contributed by atoms with Gasteiger partial charge in [0.05, 0.1) is 6.42 Å². The largest absolute Gasteiger partial charge is 0.481 e. The Morgan fingerprint density at radius 2 is 2.05 bits per heavy atom. The molecular weight excluding hydrogens is 264 g/mol. The molecule has 2 atom stereocenters. The van der Waals surface area contributed by atoms with Crippen molar-refractivity contribution >= 4 is 23.8 Å². The predicted octanol–water partition coefficient (Wildman–Crippen LogP) is 2.21. The summed E-state index contributed by atoms with van der Waals surface area (Å²) in [6, 6.07) is -0.0650. The molecule has 0 aromatic heterocycles. The molecule has 0 heterocycles. The second-order valence-electron chi connectivity index (χ2n) is 5.77. The van der Waals surface area contributed by atoms with Crippen molar-refractivity contribution < 1.29 is 14.7 Å². The van der Waals surface area contributed by atoms with Crippen LogP contribution in [0.1, 0.15) is 46.0 Å². The Hall–Kier alpha value is -0.910. The molecule has 0 spiro atoms. The van der Waals surface area contributed by atoms with Crippen LogP contribution in [-0.4, -0.2) is 40.2 Å². The molecule has 3 N–H and O–H groups in total. The Bertz CT molecular complexity index is 334. The van der Waals surface area contributed by atoms with Crippen molar-refractivity contribution in [2.45, 2.75) is 62.8 Å². The zero-order chi connectivity index (χ0) is 14.5. The second kappa shape index (κ2) is 7.03. The number of thioether (sulfide) groups is 1. The topological polar surface area (TPSA) is 78.4 Å². The number of amides is 2. The molecule has 6 heteroatoms. The maximum atomic E-state index is 11.9. The smallest absolute Gasteiger partial charge is 0.315 e. The molecule has 0 aromatic rings. The van der Waals surface area contributed by atoms with Gasteiger partial charge in [0.15, 0.2) is 0 Å². The molecule has 0 bridgehead atoms. The highest BCUT2D eigenvalue weighted by Crippen LogP contribution is 2.26. The van der Waals surface area contributed by atoms with E-state index in [1.165, 1.54) is 6.42 Å². The van der Waals surface area contributed by atoms with Crippen LogP contribution in [0.15, 0.2) is 0 Å². The number of carboxylic acid groups (broad SMARTS) is 1. The van der Waals surface area contributed by atoms with Gasteiger partial charge in [-0.2, -0.15) is 11.8 Å². The molecule has 0 radical (unpaired) electrons. The highest BCUT2D eigenvalue weighted by atomic mass is 32.2. The number of carbonyl (C=O) groups excluding carboxylic acids is 1. The zero-order valence-corrected chi connectivity index (χ0v) is 12.7. The fourth-order valence-corrected chi connectivity index (χ4v) is 3.27. The van der Waals surface area contributed by atoms with Crippen molar-refractivity contribution in [2.75, 3.05) is 6.26 Å². The molecule has 19 heavy (non-hydrogen) atoms. The van der Waals surface area contributed by atoms with Crippen molar-refractivity contribution in [2.24, 2.45) is 0 Å². The number of hydrogen-bond donors (Lipinski definition) is 3. The van der Waals surface area contributed by atoms with E-state index in [1.54, 1.807) is 13.8 Å². The molecular formula is C13H24N2O3S. The van der Waals surface area contributed by atoms with Gasteiger partial charge in [-0.15, -0.1) is 0 Å². The fraction of sp³-hybridized carbons (Fsp3) is 0.846. The Morgan fingerprint density at radius 3 is 2.63 bits per heavy atom. The molecule has 0 saturated heterocycles. The fourth-order valence-electron chi connectivity index (χ4n) is 2.44. The van der Waals surface area contributed by atoms with Gasteiger partial charge in [0, 0.05) is 16.8 Å². The van der Waals surface area contributed by atoms with E-state index in [2.05, 4.69) is 16.9 Å². The molecule has 110 valence electrons. The summed E-state index contributed by atoms with van der Waals surface area (Å²) in [4.78, 5) is 22.6. The third-order valence-electron chi connectivity index (χ3n) is 3.34. The van der Waals surface area contributed by atoms with Crippen LogP contribution >= 0.6 is 11.8 Å². The van der Waals surface area contributed by atoms with Crippen LogP contribution in [0.3, 0.4) is 0 Å². The number of aliphatic carboxylic acids is 1. The number of urea groups is 1. The van der Waals surface area contributed by atoms with Gasteiger partial charge in [0.2, 0.25) is 0 Å². The van der Waals surface area contributed by atoms with Crippen LogP contribution in [0.2, 0.25) is 0 Å². The number of hydrogen-bond acceptors (Lipinski definition) is 3. The summed E-state index contributed by atoms with van der Waals surface area (Å²) in [6.07, 6.45) is 6.36. The molecule has 2 unspecified atom stereocenters. The van der Waals surface area contributed by atoms with E-state index >= 15 is 0 Å². The molecule has 0 aliphatic heterocycles. The van der Waals surface area contributed by atoms with Crippen LogP contribution in [-0.2, 0) is 4.79 Å². The Balaban J connectivity index is 2.40. The van der Waals surface area contributed by atoms with Crippen molar-refractivity contribution in [3.05, 3.63) is 0 Å². The molecule has 1 aliphatic rings. The third kappa shape index (κ3) is 6.18. The Kier molecular flexibility index (Phi) is 5.97. The molecule has 1 rings (SSSR count). The van der Waals surface area contributed by atoms with E-state index in [-0.39, 0.29) is 18.5 Å². The minimum Gasteiger partial charge on any atom is -0.481 e. The van der Waals surface area contributed by atoms with Gasteiger partial charge in [-0.3, -0.25) is 4.79 Å². The third-order valence-corrected chi connectivity index (χ3v) is 4.43. The van der Waals surface area contributed by atoms with Crippen LogP contribution in [0.4, 0.5) is 4.79 Å². The molecule has 1 fully saturated rings. The van der Waals surface area contributed by atoms with Crippen molar-refractivity contribution in [3.8, 4) is 0 Å². The first kappa shape index (κ1) is 16.1. The van der Waals surface area contributed by atoms with Crippen LogP contribution in [0.5, 0.6) is 0 Å². The number of carboxylic acids is 1. The average molecular weight is 288 g/mol. The first-order valence-corrected chi connectivity index (χ1v) is 7.94. The average Bonchev–Trinajstić information content (AvgIpc) is 2.26. The lowest BCUT2D eigenvalue weighted by Crippen LogP contribution is -2.52. The minimum absolute atomic E-state index is 0.0848. The normalized spacial score (nSPS) is 23.7. The van der Waals surface area contributed by atoms with E-state index in [9.17, 15) is 9.59 Å². The quantitative estimate of drug-likeness (QED) is 0.725. The van der Waals surface area contributed by atoms with Crippen LogP contribution < -0.4 is 10.6 Å². The van der Waals surface area contributed by atoms with Gasteiger partial charge in [0.25, 0.3) is 0 Å². The highest BCUT2D eigenvalue weighted by molar-refractivity contribution is 7.99. The maximum Gasteiger partial charge on any atom is 0.315 e. The van der Waals surface area contributed by atoms with Gasteiger partial charge >= 0.3 is 12.0 Å². The first-order chi connectivity index (χ1) is 8.82. The van der Waals surface area contributed by atoms with E-state index in [1.807, 2.05) is 11.8 Å².